The molecule has 0 unspecified atom stereocenters. The van der Waals surface area contributed by atoms with Crippen LogP contribution in [0.3, 0.4) is 0 Å². The number of Topliss-reactive ketones (excluding diaryl/α,β-unsaturated/α-hetero) is 1. The van der Waals surface area contributed by atoms with Crippen LogP contribution in [0.15, 0.2) is 24.3 Å². The van der Waals surface area contributed by atoms with Crippen LogP contribution in [-0.2, 0) is 4.79 Å². The fraction of sp³-hybridized carbons (Fsp3) is 0.500. The zero-order valence-corrected chi connectivity index (χ0v) is 10.4. The Bertz CT molecular complexity index is 408. The summed E-state index contributed by atoms with van der Waals surface area (Å²) in [6, 6.07) is 7.57. The van der Waals surface area contributed by atoms with Gasteiger partial charge in [0.15, 0.2) is 11.5 Å². The maximum atomic E-state index is 11.4. The van der Waals surface area contributed by atoms with Gasteiger partial charge in [0.25, 0.3) is 0 Å². The molecule has 17 heavy (non-hydrogen) atoms. The fourth-order valence-electron chi connectivity index (χ4n) is 2.02. The second kappa shape index (κ2) is 4.78. The average molecular weight is 234 g/mol. The molecule has 0 aromatic heterocycles. The molecule has 2 rings (SSSR count). The van der Waals surface area contributed by atoms with Crippen molar-refractivity contribution in [2.75, 3.05) is 13.7 Å². The molecule has 0 N–H and O–H groups in total. The third kappa shape index (κ3) is 2.60. The van der Waals surface area contributed by atoms with E-state index in [1.54, 1.807) is 14.0 Å². The zero-order chi connectivity index (χ0) is 12.3. The minimum Gasteiger partial charge on any atom is -0.493 e. The maximum Gasteiger partial charge on any atom is 0.161 e. The van der Waals surface area contributed by atoms with Crippen LogP contribution in [0.2, 0.25) is 0 Å². The van der Waals surface area contributed by atoms with Crippen molar-refractivity contribution in [3.8, 4) is 11.5 Å². The average Bonchev–Trinajstić information content (AvgIpc) is 3.11. The number of ether oxygens (including phenoxy) is 2. The van der Waals surface area contributed by atoms with Gasteiger partial charge in [-0.1, -0.05) is 12.1 Å². The van der Waals surface area contributed by atoms with Gasteiger partial charge in [-0.15, -0.1) is 0 Å². The fourth-order valence-corrected chi connectivity index (χ4v) is 2.02. The molecule has 1 aromatic rings. The van der Waals surface area contributed by atoms with Gasteiger partial charge in [0.05, 0.1) is 13.7 Å². The third-order valence-electron chi connectivity index (χ3n) is 3.51. The number of carbonyl (C=O) groups excluding carboxylic acids is 1. The molecule has 1 aliphatic carbocycles. The van der Waals surface area contributed by atoms with Gasteiger partial charge in [-0.25, -0.2) is 0 Å². The van der Waals surface area contributed by atoms with Crippen LogP contribution in [0, 0.1) is 5.41 Å². The number of benzene rings is 1. The molecule has 1 aliphatic rings. The minimum atomic E-state index is -0.0813. The quantitative estimate of drug-likeness (QED) is 0.759. The summed E-state index contributed by atoms with van der Waals surface area (Å²) in [4.78, 5) is 11.4. The Hall–Kier alpha value is -1.51. The van der Waals surface area contributed by atoms with Crippen molar-refractivity contribution >= 4 is 5.78 Å². The number of rotatable bonds is 6. The third-order valence-corrected chi connectivity index (χ3v) is 3.51. The number of hydrogen-bond acceptors (Lipinski definition) is 3. The Kier molecular flexibility index (Phi) is 3.36. The van der Waals surface area contributed by atoms with Crippen LogP contribution in [-0.4, -0.2) is 19.5 Å². The normalized spacial score (nSPS) is 16.4. The van der Waals surface area contributed by atoms with E-state index < -0.39 is 0 Å². The van der Waals surface area contributed by atoms with Gasteiger partial charge in [-0.3, -0.25) is 4.79 Å². The molecular weight excluding hydrogens is 216 g/mol. The van der Waals surface area contributed by atoms with E-state index in [0.717, 1.165) is 30.8 Å². The van der Waals surface area contributed by atoms with Crippen LogP contribution >= 0.6 is 0 Å². The van der Waals surface area contributed by atoms with E-state index in [1.807, 2.05) is 24.3 Å². The number of ketones is 1. The molecule has 0 amide bonds. The van der Waals surface area contributed by atoms with Crippen molar-refractivity contribution in [2.45, 2.75) is 26.2 Å². The lowest BCUT2D eigenvalue weighted by Gasteiger charge is -2.13. The van der Waals surface area contributed by atoms with E-state index in [9.17, 15) is 4.79 Å². The second-order valence-corrected chi connectivity index (χ2v) is 4.59. The second-order valence-electron chi connectivity index (χ2n) is 4.59. The van der Waals surface area contributed by atoms with Gasteiger partial charge in [-0.05, 0) is 38.3 Å². The number of carbonyl (C=O) groups is 1. The molecule has 0 bridgehead atoms. The van der Waals surface area contributed by atoms with Crippen LogP contribution in [0.5, 0.6) is 11.5 Å². The molecule has 0 atom stereocenters. The lowest BCUT2D eigenvalue weighted by atomic mass is 9.99. The molecule has 0 saturated heterocycles. The Balaban J connectivity index is 1.88. The Morgan fingerprint density at radius 1 is 1.29 bits per heavy atom. The van der Waals surface area contributed by atoms with Crippen molar-refractivity contribution in [2.24, 2.45) is 5.41 Å². The first kappa shape index (κ1) is 12.0. The van der Waals surface area contributed by atoms with E-state index in [0.29, 0.717) is 12.4 Å². The molecule has 0 heterocycles. The molecule has 1 fully saturated rings. The highest BCUT2D eigenvalue weighted by Crippen LogP contribution is 2.49. The van der Waals surface area contributed by atoms with Gasteiger partial charge < -0.3 is 9.47 Å². The molecule has 3 heteroatoms. The van der Waals surface area contributed by atoms with E-state index in [-0.39, 0.29) is 5.41 Å². The first-order valence-electron chi connectivity index (χ1n) is 5.95. The van der Waals surface area contributed by atoms with Crippen LogP contribution < -0.4 is 9.47 Å². The largest absolute Gasteiger partial charge is 0.493 e. The van der Waals surface area contributed by atoms with Crippen molar-refractivity contribution < 1.29 is 14.3 Å². The van der Waals surface area contributed by atoms with Gasteiger partial charge in [0, 0.05) is 5.41 Å². The first-order chi connectivity index (χ1) is 8.18. The smallest absolute Gasteiger partial charge is 0.161 e. The van der Waals surface area contributed by atoms with Gasteiger partial charge in [-0.2, -0.15) is 0 Å². The minimum absolute atomic E-state index is 0.0813. The Labute approximate surface area is 102 Å². The van der Waals surface area contributed by atoms with Crippen molar-refractivity contribution in [3.63, 3.8) is 0 Å². The summed E-state index contributed by atoms with van der Waals surface area (Å²) in [5.74, 6) is 1.77. The lowest BCUT2D eigenvalue weighted by molar-refractivity contribution is -0.122. The van der Waals surface area contributed by atoms with Crippen LogP contribution in [0.25, 0.3) is 0 Å². The summed E-state index contributed by atoms with van der Waals surface area (Å²) in [5, 5.41) is 0. The molecule has 1 aromatic carbocycles. The predicted octanol–water partition coefficient (Wildman–Crippen LogP) is 2.83. The Morgan fingerprint density at radius 3 is 2.47 bits per heavy atom. The molecule has 0 aliphatic heterocycles. The topological polar surface area (TPSA) is 35.5 Å². The zero-order valence-electron chi connectivity index (χ0n) is 10.4. The highest BCUT2D eigenvalue weighted by atomic mass is 16.5. The van der Waals surface area contributed by atoms with Crippen LogP contribution in [0.1, 0.15) is 26.2 Å². The van der Waals surface area contributed by atoms with Gasteiger partial charge in [0.1, 0.15) is 5.78 Å². The summed E-state index contributed by atoms with van der Waals surface area (Å²) < 4.78 is 10.9. The van der Waals surface area contributed by atoms with Crippen LogP contribution in [0.4, 0.5) is 0 Å². The molecular formula is C14H18O3. The van der Waals surface area contributed by atoms with E-state index >= 15 is 0 Å². The molecule has 0 radical (unpaired) electrons. The first-order valence-corrected chi connectivity index (χ1v) is 5.95. The van der Waals surface area contributed by atoms with E-state index in [4.69, 9.17) is 9.47 Å². The summed E-state index contributed by atoms with van der Waals surface area (Å²) in [6.45, 7) is 2.25. The monoisotopic (exact) mass is 234 g/mol. The highest BCUT2D eigenvalue weighted by molar-refractivity contribution is 5.84. The lowest BCUT2D eigenvalue weighted by Crippen LogP contribution is -2.15. The van der Waals surface area contributed by atoms with Gasteiger partial charge in [0.2, 0.25) is 0 Å². The summed E-state index contributed by atoms with van der Waals surface area (Å²) in [6.07, 6.45) is 2.83. The summed E-state index contributed by atoms with van der Waals surface area (Å²) in [7, 11) is 1.63. The summed E-state index contributed by atoms with van der Waals surface area (Å²) in [5.41, 5.74) is -0.0813. The van der Waals surface area contributed by atoms with Crippen molar-refractivity contribution in [1.82, 2.24) is 0 Å². The van der Waals surface area contributed by atoms with Crippen molar-refractivity contribution in [1.29, 1.82) is 0 Å². The van der Waals surface area contributed by atoms with Crippen molar-refractivity contribution in [3.05, 3.63) is 24.3 Å². The molecule has 1 saturated carbocycles. The van der Waals surface area contributed by atoms with E-state index in [2.05, 4.69) is 0 Å². The standard InChI is InChI=1S/C14H18O3/c1-11(15)14(7-8-14)9-10-17-13-6-4-3-5-12(13)16-2/h3-6H,7-10H2,1-2H3. The molecule has 0 spiro atoms. The maximum absolute atomic E-state index is 11.4. The number of hydrogen-bond donors (Lipinski definition) is 0. The van der Waals surface area contributed by atoms with Gasteiger partial charge >= 0.3 is 0 Å². The predicted molar refractivity (Wildman–Crippen MR) is 65.5 cm³/mol. The highest BCUT2D eigenvalue weighted by Gasteiger charge is 2.46. The molecule has 92 valence electrons. The Morgan fingerprint density at radius 2 is 1.94 bits per heavy atom. The van der Waals surface area contributed by atoms with E-state index in [1.165, 1.54) is 0 Å². The SMILES string of the molecule is COc1ccccc1OCCC1(C(C)=O)CC1. The number of methoxy groups -OCH3 is 1. The number of para-hydroxylation sites is 2. The molecule has 3 nitrogen and oxygen atoms in total. The summed E-state index contributed by atoms with van der Waals surface area (Å²) >= 11 is 0.